The molecule has 0 spiro atoms. The van der Waals surface area contributed by atoms with Gasteiger partial charge in [-0.1, -0.05) is 76.3 Å². The van der Waals surface area contributed by atoms with Crippen molar-refractivity contribution < 1.29 is 21.2 Å². The first kappa shape index (κ1) is 27.3. The Morgan fingerprint density at radius 2 is 1.24 bits per heavy atom. The van der Waals surface area contributed by atoms with E-state index >= 15 is 0 Å². The quantitative estimate of drug-likeness (QED) is 0.162. The molecule has 0 fully saturated rings. The van der Waals surface area contributed by atoms with E-state index in [1.165, 1.54) is 52.7 Å². The summed E-state index contributed by atoms with van der Waals surface area (Å²) in [6, 6.07) is 17.5. The second kappa shape index (κ2) is 13.7. The van der Waals surface area contributed by atoms with Crippen molar-refractivity contribution in [2.24, 2.45) is 0 Å². The average molecular weight is 487 g/mol. The smallest absolute Gasteiger partial charge is 0.211 e. The van der Waals surface area contributed by atoms with E-state index in [9.17, 15) is 5.53 Å². The van der Waals surface area contributed by atoms with Crippen LogP contribution >= 0.6 is 0 Å². The van der Waals surface area contributed by atoms with E-state index in [1.54, 1.807) is 0 Å². The zero-order valence-electron chi connectivity index (χ0n) is 20.9. The van der Waals surface area contributed by atoms with E-state index in [4.69, 9.17) is 0 Å². The summed E-state index contributed by atoms with van der Waals surface area (Å²) in [5.74, 6) is 0. The molecular formula is C30H40N2Ni. The van der Waals surface area contributed by atoms with E-state index in [2.05, 4.69) is 76.2 Å². The van der Waals surface area contributed by atoms with E-state index in [0.717, 1.165) is 61.0 Å². The molecule has 1 heterocycles. The summed E-state index contributed by atoms with van der Waals surface area (Å²) in [5.41, 5.74) is 21.1. The molecule has 0 amide bonds. The summed E-state index contributed by atoms with van der Waals surface area (Å²) in [4.78, 5) is 0. The Morgan fingerprint density at radius 3 is 1.85 bits per heavy atom. The molecule has 3 heteroatoms. The van der Waals surface area contributed by atoms with Crippen molar-refractivity contribution in [2.45, 2.75) is 91.9 Å². The molecule has 2 aromatic carbocycles. The van der Waals surface area contributed by atoms with Gasteiger partial charge in [-0.25, -0.2) is 4.70 Å². The summed E-state index contributed by atoms with van der Waals surface area (Å²) < 4.78 is 1.50. The number of unbranched alkanes of at least 4 members (excludes halogenated alkanes) is 4. The fourth-order valence-corrected chi connectivity index (χ4v) is 4.69. The molecule has 0 saturated heterocycles. The third-order valence-corrected chi connectivity index (χ3v) is 6.51. The number of hydrogen-bond acceptors (Lipinski definition) is 0. The summed E-state index contributed by atoms with van der Waals surface area (Å²) >= 11 is 0. The van der Waals surface area contributed by atoms with Crippen LogP contribution in [0, 0.1) is 6.92 Å². The summed E-state index contributed by atoms with van der Waals surface area (Å²) in [5, 5.41) is 0. The first-order valence-corrected chi connectivity index (χ1v) is 12.7. The van der Waals surface area contributed by atoms with E-state index in [1.807, 2.05) is 0 Å². The number of benzene rings is 2. The van der Waals surface area contributed by atoms with Gasteiger partial charge in [-0.3, -0.25) is 0 Å². The number of allylic oxidation sites excluding steroid dienone is 2. The minimum absolute atomic E-state index is 0. The number of hydrogen-bond donors (Lipinski definition) is 0. The molecule has 0 aliphatic carbocycles. The first-order valence-electron chi connectivity index (χ1n) is 12.7. The molecule has 0 atom stereocenters. The molecule has 0 unspecified atom stereocenters. The van der Waals surface area contributed by atoms with Gasteiger partial charge in [-0.15, -0.1) is 0 Å². The maximum Gasteiger partial charge on any atom is 0.211 e. The van der Waals surface area contributed by atoms with Crippen LogP contribution in [0.1, 0.15) is 101 Å². The predicted molar refractivity (Wildman–Crippen MR) is 137 cm³/mol. The van der Waals surface area contributed by atoms with Gasteiger partial charge in [-0.2, -0.15) is 0 Å². The van der Waals surface area contributed by atoms with Gasteiger partial charge in [0.25, 0.3) is 0 Å². The monoisotopic (exact) mass is 486 g/mol. The SMILES string of the molecule is CCCCCC1=C(c2cccc(C)c2)[N+](=[N-])C(c2ccc(CCCC)cc2)=C1CCCC.[Ni]. The van der Waals surface area contributed by atoms with Gasteiger partial charge in [0, 0.05) is 38.8 Å². The molecular weight excluding hydrogens is 447 g/mol. The van der Waals surface area contributed by atoms with Crippen LogP contribution in [0.4, 0.5) is 0 Å². The van der Waals surface area contributed by atoms with Crippen molar-refractivity contribution in [3.63, 3.8) is 0 Å². The molecule has 0 N–H and O–H groups in total. The maximum absolute atomic E-state index is 11.6. The largest absolute Gasteiger partial charge is 0.493 e. The van der Waals surface area contributed by atoms with Crippen LogP contribution in [0.15, 0.2) is 59.7 Å². The maximum atomic E-state index is 11.6. The third-order valence-electron chi connectivity index (χ3n) is 6.51. The molecule has 2 aromatic rings. The van der Waals surface area contributed by atoms with Crippen LogP contribution in [0.2, 0.25) is 0 Å². The van der Waals surface area contributed by atoms with Gasteiger partial charge < -0.3 is 5.53 Å². The van der Waals surface area contributed by atoms with E-state index < -0.39 is 0 Å². The Morgan fingerprint density at radius 1 is 0.667 bits per heavy atom. The minimum atomic E-state index is 0. The zero-order chi connectivity index (χ0) is 22.9. The first-order chi connectivity index (χ1) is 15.6. The Balaban J connectivity index is 0.00000385. The van der Waals surface area contributed by atoms with Gasteiger partial charge in [0.1, 0.15) is 0 Å². The van der Waals surface area contributed by atoms with Crippen molar-refractivity contribution in [1.29, 1.82) is 0 Å². The van der Waals surface area contributed by atoms with Crippen LogP contribution in [0.25, 0.3) is 16.9 Å². The second-order valence-corrected chi connectivity index (χ2v) is 9.20. The Hall–Kier alpha value is -1.99. The van der Waals surface area contributed by atoms with Crippen molar-refractivity contribution in [3.8, 4) is 0 Å². The molecule has 180 valence electrons. The molecule has 0 saturated carbocycles. The van der Waals surface area contributed by atoms with E-state index in [-0.39, 0.29) is 16.5 Å². The molecule has 2 nitrogen and oxygen atoms in total. The summed E-state index contributed by atoms with van der Waals surface area (Å²) in [6.07, 6.45) is 11.5. The average Bonchev–Trinajstić information content (AvgIpc) is 3.07. The molecule has 3 rings (SSSR count). The van der Waals surface area contributed by atoms with Crippen LogP contribution in [-0.2, 0) is 22.9 Å². The van der Waals surface area contributed by atoms with Crippen molar-refractivity contribution in [2.75, 3.05) is 0 Å². The Bertz CT molecular complexity index is 983. The van der Waals surface area contributed by atoms with Gasteiger partial charge in [0.05, 0.1) is 0 Å². The van der Waals surface area contributed by atoms with Gasteiger partial charge in [0.15, 0.2) is 0 Å². The number of nitrogens with zero attached hydrogens (tertiary/aromatic N) is 2. The predicted octanol–water partition coefficient (Wildman–Crippen LogP) is 9.28. The fraction of sp³-hybridized carbons (Fsp3) is 0.467. The fourth-order valence-electron chi connectivity index (χ4n) is 4.69. The molecule has 33 heavy (non-hydrogen) atoms. The molecule has 0 radical (unpaired) electrons. The van der Waals surface area contributed by atoms with Crippen LogP contribution in [0.5, 0.6) is 0 Å². The van der Waals surface area contributed by atoms with Crippen molar-refractivity contribution in [1.82, 2.24) is 0 Å². The molecule has 1 aliphatic rings. The van der Waals surface area contributed by atoms with Crippen LogP contribution < -0.4 is 0 Å². The normalized spacial score (nSPS) is 13.6. The summed E-state index contributed by atoms with van der Waals surface area (Å²) in [7, 11) is 0. The number of rotatable bonds is 12. The van der Waals surface area contributed by atoms with Gasteiger partial charge in [0.2, 0.25) is 11.4 Å². The van der Waals surface area contributed by atoms with E-state index in [0.29, 0.717) is 0 Å². The van der Waals surface area contributed by atoms with Crippen LogP contribution in [-0.4, -0.2) is 4.70 Å². The van der Waals surface area contributed by atoms with Crippen molar-refractivity contribution >= 4 is 11.4 Å². The van der Waals surface area contributed by atoms with Crippen LogP contribution in [0.3, 0.4) is 0 Å². The number of aryl methyl sites for hydroxylation is 2. The summed E-state index contributed by atoms with van der Waals surface area (Å²) in [6.45, 7) is 8.86. The van der Waals surface area contributed by atoms with Gasteiger partial charge in [-0.05, 0) is 75.3 Å². The Labute approximate surface area is 211 Å². The second-order valence-electron chi connectivity index (χ2n) is 9.20. The zero-order valence-corrected chi connectivity index (χ0v) is 21.9. The van der Waals surface area contributed by atoms with Crippen molar-refractivity contribution in [3.05, 3.63) is 87.5 Å². The molecule has 1 aliphatic heterocycles. The third kappa shape index (κ3) is 6.76. The Kier molecular flexibility index (Phi) is 11.3. The topological polar surface area (TPSA) is 25.3 Å². The van der Waals surface area contributed by atoms with Gasteiger partial charge >= 0.3 is 0 Å². The molecule has 0 bridgehead atoms. The minimum Gasteiger partial charge on any atom is -0.493 e. The molecule has 0 aromatic heterocycles. The standard InChI is InChI=1S/C30H40N2.Ni/c1-5-8-11-17-28-27(16-10-7-3)29(25-20-18-24(19-21-25)14-9-6-2)32(31)30(28)26-15-12-13-23(4)22-26;/h12-13,15,18-22H,5-11,14,16-17H2,1-4H3;.